The number of aryl methyl sites for hydroxylation is 1. The molecule has 0 spiro atoms. The van der Waals surface area contributed by atoms with Gasteiger partial charge in [0.2, 0.25) is 0 Å². The van der Waals surface area contributed by atoms with Crippen LogP contribution in [0.5, 0.6) is 0 Å². The van der Waals surface area contributed by atoms with Crippen LogP contribution in [0.4, 0.5) is 5.69 Å². The Bertz CT molecular complexity index is 632. The van der Waals surface area contributed by atoms with Gasteiger partial charge in [-0.25, -0.2) is 0 Å². The summed E-state index contributed by atoms with van der Waals surface area (Å²) in [7, 11) is 0. The van der Waals surface area contributed by atoms with Crippen molar-refractivity contribution in [2.75, 3.05) is 11.4 Å². The van der Waals surface area contributed by atoms with E-state index < -0.39 is 0 Å². The maximum absolute atomic E-state index is 9.11. The number of nitrogens with zero attached hydrogens (tertiary/aromatic N) is 4. The van der Waals surface area contributed by atoms with E-state index >= 15 is 0 Å². The lowest BCUT2D eigenvalue weighted by Crippen LogP contribution is -2.31. The van der Waals surface area contributed by atoms with Gasteiger partial charge >= 0.3 is 0 Å². The Hall–Kier alpha value is -2.30. The third-order valence-electron chi connectivity index (χ3n) is 3.68. The minimum absolute atomic E-state index is 0.759. The number of rotatable bonds is 3. The van der Waals surface area contributed by atoms with Gasteiger partial charge < -0.3 is 10.1 Å². The van der Waals surface area contributed by atoms with Gasteiger partial charge in [-0.1, -0.05) is 23.4 Å². The lowest BCUT2D eigenvalue weighted by molar-refractivity contribution is 0.317. The van der Waals surface area contributed by atoms with Gasteiger partial charge in [0, 0.05) is 49.1 Å². The SMILES string of the molecule is CCn1cc(CN2CCC(=NO)c3ccccc32)cn1. The van der Waals surface area contributed by atoms with Crippen molar-refractivity contribution in [2.24, 2.45) is 5.16 Å². The molecule has 5 nitrogen and oxygen atoms in total. The highest BCUT2D eigenvalue weighted by Crippen LogP contribution is 2.28. The largest absolute Gasteiger partial charge is 0.411 e. The van der Waals surface area contributed by atoms with Crippen molar-refractivity contribution in [3.8, 4) is 0 Å². The fraction of sp³-hybridized carbons (Fsp3) is 0.333. The van der Waals surface area contributed by atoms with E-state index in [1.54, 1.807) is 0 Å². The predicted molar refractivity (Wildman–Crippen MR) is 78.3 cm³/mol. The maximum atomic E-state index is 9.11. The van der Waals surface area contributed by atoms with Crippen LogP contribution in [0.15, 0.2) is 41.8 Å². The van der Waals surface area contributed by atoms with Gasteiger partial charge in [-0.05, 0) is 13.0 Å². The smallest absolute Gasteiger partial charge is 0.0906 e. The summed E-state index contributed by atoms with van der Waals surface area (Å²) in [5.74, 6) is 0. The molecule has 0 amide bonds. The lowest BCUT2D eigenvalue weighted by Gasteiger charge is -2.31. The Morgan fingerprint density at radius 1 is 1.35 bits per heavy atom. The van der Waals surface area contributed by atoms with E-state index in [2.05, 4.69) is 34.3 Å². The van der Waals surface area contributed by atoms with Gasteiger partial charge in [0.1, 0.15) is 0 Å². The first-order chi connectivity index (χ1) is 9.81. The van der Waals surface area contributed by atoms with Crippen LogP contribution in [0.2, 0.25) is 0 Å². The van der Waals surface area contributed by atoms with Crippen LogP contribution in [-0.4, -0.2) is 27.2 Å². The lowest BCUT2D eigenvalue weighted by atomic mass is 9.99. The average molecular weight is 270 g/mol. The zero-order chi connectivity index (χ0) is 13.9. The van der Waals surface area contributed by atoms with Crippen molar-refractivity contribution in [2.45, 2.75) is 26.4 Å². The molecule has 1 aromatic carbocycles. The van der Waals surface area contributed by atoms with E-state index in [-0.39, 0.29) is 0 Å². The molecule has 0 atom stereocenters. The van der Waals surface area contributed by atoms with E-state index in [4.69, 9.17) is 5.21 Å². The third kappa shape index (κ3) is 2.27. The normalized spacial score (nSPS) is 16.4. The van der Waals surface area contributed by atoms with Gasteiger partial charge in [-0.2, -0.15) is 5.10 Å². The van der Waals surface area contributed by atoms with E-state index in [0.717, 1.165) is 43.0 Å². The summed E-state index contributed by atoms with van der Waals surface area (Å²) >= 11 is 0. The molecule has 1 aliphatic rings. The summed E-state index contributed by atoms with van der Waals surface area (Å²) in [6.45, 7) is 4.65. The molecule has 104 valence electrons. The van der Waals surface area contributed by atoms with Crippen LogP contribution in [-0.2, 0) is 13.1 Å². The third-order valence-corrected chi connectivity index (χ3v) is 3.68. The summed E-state index contributed by atoms with van der Waals surface area (Å²) in [6, 6.07) is 8.07. The molecule has 2 heterocycles. The van der Waals surface area contributed by atoms with Crippen molar-refractivity contribution in [1.29, 1.82) is 0 Å². The second-order valence-corrected chi connectivity index (χ2v) is 4.94. The van der Waals surface area contributed by atoms with E-state index in [9.17, 15) is 0 Å². The molecular weight excluding hydrogens is 252 g/mol. The number of para-hydroxylation sites is 1. The van der Waals surface area contributed by atoms with Gasteiger partial charge in [0.25, 0.3) is 0 Å². The minimum Gasteiger partial charge on any atom is -0.411 e. The molecule has 1 N–H and O–H groups in total. The number of oxime groups is 1. The molecule has 3 rings (SSSR count). The number of anilines is 1. The molecule has 0 bridgehead atoms. The fourth-order valence-electron chi connectivity index (χ4n) is 2.64. The summed E-state index contributed by atoms with van der Waals surface area (Å²) < 4.78 is 1.94. The number of hydrogen-bond acceptors (Lipinski definition) is 4. The van der Waals surface area contributed by atoms with Gasteiger partial charge in [0.15, 0.2) is 0 Å². The average Bonchev–Trinajstić information content (AvgIpc) is 2.95. The molecule has 20 heavy (non-hydrogen) atoms. The van der Waals surface area contributed by atoms with Crippen molar-refractivity contribution in [3.05, 3.63) is 47.8 Å². The zero-order valence-electron chi connectivity index (χ0n) is 11.5. The second-order valence-electron chi connectivity index (χ2n) is 4.94. The Kier molecular flexibility index (Phi) is 3.41. The van der Waals surface area contributed by atoms with Gasteiger partial charge in [-0.15, -0.1) is 0 Å². The topological polar surface area (TPSA) is 53.7 Å². The first kappa shape index (κ1) is 12.7. The van der Waals surface area contributed by atoms with Crippen molar-refractivity contribution in [3.63, 3.8) is 0 Å². The molecule has 0 unspecified atom stereocenters. The highest BCUT2D eigenvalue weighted by molar-refractivity contribution is 6.06. The van der Waals surface area contributed by atoms with Crippen molar-refractivity contribution < 1.29 is 5.21 Å². The van der Waals surface area contributed by atoms with E-state index in [0.29, 0.717) is 0 Å². The van der Waals surface area contributed by atoms with Crippen LogP contribution in [0, 0.1) is 0 Å². The van der Waals surface area contributed by atoms with Gasteiger partial charge in [-0.3, -0.25) is 4.68 Å². The Labute approximate surface area is 118 Å². The zero-order valence-corrected chi connectivity index (χ0v) is 11.5. The maximum Gasteiger partial charge on any atom is 0.0906 e. The molecular formula is C15H18N4O. The first-order valence-electron chi connectivity index (χ1n) is 6.88. The Morgan fingerprint density at radius 3 is 2.95 bits per heavy atom. The summed E-state index contributed by atoms with van der Waals surface area (Å²) in [4.78, 5) is 2.31. The predicted octanol–water partition coefficient (Wildman–Crippen LogP) is 2.49. The summed E-state index contributed by atoms with van der Waals surface area (Å²) in [6.07, 6.45) is 4.76. The Balaban J connectivity index is 1.88. The van der Waals surface area contributed by atoms with Crippen molar-refractivity contribution in [1.82, 2.24) is 9.78 Å². The molecule has 1 aliphatic heterocycles. The molecule has 5 heteroatoms. The quantitative estimate of drug-likeness (QED) is 0.688. The monoisotopic (exact) mass is 270 g/mol. The molecule has 2 aromatic rings. The molecule has 0 fully saturated rings. The molecule has 0 saturated heterocycles. The van der Waals surface area contributed by atoms with Crippen LogP contribution < -0.4 is 4.90 Å². The van der Waals surface area contributed by atoms with Crippen LogP contribution >= 0.6 is 0 Å². The number of hydrogen-bond donors (Lipinski definition) is 1. The summed E-state index contributed by atoms with van der Waals surface area (Å²) in [5.41, 5.74) is 4.10. The number of benzene rings is 1. The van der Waals surface area contributed by atoms with E-state index in [1.165, 1.54) is 5.56 Å². The van der Waals surface area contributed by atoms with Crippen LogP contribution in [0.25, 0.3) is 0 Å². The molecule has 0 radical (unpaired) electrons. The van der Waals surface area contributed by atoms with Crippen LogP contribution in [0.1, 0.15) is 24.5 Å². The highest BCUT2D eigenvalue weighted by atomic mass is 16.4. The highest BCUT2D eigenvalue weighted by Gasteiger charge is 2.21. The number of aromatic nitrogens is 2. The Morgan fingerprint density at radius 2 is 2.20 bits per heavy atom. The fourth-order valence-corrected chi connectivity index (χ4v) is 2.64. The number of fused-ring (bicyclic) bond motifs is 1. The molecule has 0 saturated carbocycles. The molecule has 1 aromatic heterocycles. The summed E-state index contributed by atoms with van der Waals surface area (Å²) in [5, 5.41) is 16.8. The van der Waals surface area contributed by atoms with Crippen LogP contribution in [0.3, 0.4) is 0 Å². The first-order valence-corrected chi connectivity index (χ1v) is 6.88. The molecule has 0 aliphatic carbocycles. The van der Waals surface area contributed by atoms with Crippen molar-refractivity contribution >= 4 is 11.4 Å². The van der Waals surface area contributed by atoms with Gasteiger partial charge in [0.05, 0.1) is 11.9 Å². The van der Waals surface area contributed by atoms with E-state index in [1.807, 2.05) is 29.1 Å². The standard InChI is InChI=1S/C15H18N4O/c1-2-19-11-12(9-16-19)10-18-8-7-14(17-20)13-5-3-4-6-15(13)18/h3-6,9,11,20H,2,7-8,10H2,1H3. The second kappa shape index (κ2) is 5.36. The minimum atomic E-state index is 0.759.